The first kappa shape index (κ1) is 25.0. The van der Waals surface area contributed by atoms with Crippen molar-refractivity contribution in [3.8, 4) is 11.5 Å². The molecule has 1 aliphatic carbocycles. The summed E-state index contributed by atoms with van der Waals surface area (Å²) in [6, 6.07) is 30.0. The van der Waals surface area contributed by atoms with Gasteiger partial charge in [-0.3, -0.25) is 4.99 Å². The van der Waals surface area contributed by atoms with E-state index in [2.05, 4.69) is 98.0 Å². The number of nitrogens with zero attached hydrogens (tertiary/aromatic N) is 1. The zero-order valence-electron chi connectivity index (χ0n) is 22.7. The Labute approximate surface area is 231 Å². The number of aliphatic imine (C=N–C) groups is 1. The number of hydrogen-bond donors (Lipinski definition) is 1. The molecule has 0 bridgehead atoms. The van der Waals surface area contributed by atoms with Gasteiger partial charge in [-0.2, -0.15) is 0 Å². The normalized spacial score (nSPS) is 19.4. The number of hydrogen-bond acceptors (Lipinski definition) is 4. The fourth-order valence-corrected chi connectivity index (χ4v) is 5.99. The Balaban J connectivity index is 1.14. The summed E-state index contributed by atoms with van der Waals surface area (Å²) in [6.45, 7) is 4.71. The van der Waals surface area contributed by atoms with E-state index < -0.39 is 0 Å². The summed E-state index contributed by atoms with van der Waals surface area (Å²) in [5.41, 5.74) is 9.45. The van der Waals surface area contributed by atoms with Crippen molar-refractivity contribution in [3.05, 3.63) is 130 Å². The topological polar surface area (TPSA) is 42.8 Å². The van der Waals surface area contributed by atoms with E-state index in [1.807, 2.05) is 24.4 Å². The Morgan fingerprint density at radius 2 is 1.69 bits per heavy atom. The monoisotopic (exact) mass is 514 g/mol. The molecule has 1 N–H and O–H groups in total. The molecule has 0 fully saturated rings. The van der Waals surface area contributed by atoms with E-state index in [0.29, 0.717) is 30.2 Å². The quantitative estimate of drug-likeness (QED) is 0.199. The molecule has 1 heterocycles. The molecule has 4 nitrogen and oxygen atoms in total. The predicted molar refractivity (Wildman–Crippen MR) is 160 cm³/mol. The van der Waals surface area contributed by atoms with Gasteiger partial charge < -0.3 is 14.8 Å². The number of allylic oxidation sites excluding steroid dienone is 2. The third kappa shape index (κ3) is 5.33. The lowest BCUT2D eigenvalue weighted by atomic mass is 9.77. The van der Waals surface area contributed by atoms with Crippen molar-refractivity contribution in [1.82, 2.24) is 0 Å². The first-order valence-electron chi connectivity index (χ1n) is 13.6. The number of nitrogens with one attached hydrogen (secondary N) is 1. The van der Waals surface area contributed by atoms with E-state index >= 15 is 0 Å². The zero-order valence-corrected chi connectivity index (χ0v) is 22.7. The van der Waals surface area contributed by atoms with Crippen molar-refractivity contribution in [2.75, 3.05) is 12.4 Å². The third-order valence-corrected chi connectivity index (χ3v) is 7.75. The molecule has 0 aromatic heterocycles. The molecule has 39 heavy (non-hydrogen) atoms. The van der Waals surface area contributed by atoms with E-state index in [1.165, 1.54) is 27.9 Å². The second kappa shape index (κ2) is 10.8. The van der Waals surface area contributed by atoms with Crippen LogP contribution in [0.3, 0.4) is 0 Å². The number of benzene rings is 4. The standard InChI is InChI=1S/C35H34N2O2/c1-23-17-24(2)19-26(18-23)22-39-33-16-11-25(20-34(33)38-3)21-36-28-14-12-27(13-15-28)35-31-9-6-8-29(31)30-7-4-5-10-32(30)37-35/h4-8,10-21,29,31,35,37H,9,22H2,1-3H3/t29-,31+,35+/m1/s1. The number of aryl methyl sites for hydroxylation is 2. The average molecular weight is 515 g/mol. The minimum atomic E-state index is 0.290. The largest absolute Gasteiger partial charge is 0.493 e. The van der Waals surface area contributed by atoms with Crippen LogP contribution in [0.4, 0.5) is 11.4 Å². The van der Waals surface area contributed by atoms with E-state index in [0.717, 1.165) is 29.0 Å². The van der Waals surface area contributed by atoms with Crippen molar-refractivity contribution < 1.29 is 9.47 Å². The number of methoxy groups -OCH3 is 1. The first-order valence-corrected chi connectivity index (χ1v) is 13.6. The molecular weight excluding hydrogens is 480 g/mol. The van der Waals surface area contributed by atoms with Gasteiger partial charge in [0.15, 0.2) is 11.5 Å². The summed E-state index contributed by atoms with van der Waals surface area (Å²) < 4.78 is 11.7. The molecule has 0 unspecified atom stereocenters. The fraction of sp³-hybridized carbons (Fsp3) is 0.229. The zero-order chi connectivity index (χ0) is 26.8. The van der Waals surface area contributed by atoms with Crippen LogP contribution in [0, 0.1) is 19.8 Å². The van der Waals surface area contributed by atoms with Crippen molar-refractivity contribution >= 4 is 17.6 Å². The van der Waals surface area contributed by atoms with Crippen LogP contribution in [0.2, 0.25) is 0 Å². The van der Waals surface area contributed by atoms with Gasteiger partial charge in [0, 0.05) is 17.8 Å². The van der Waals surface area contributed by atoms with Crippen molar-refractivity contribution in [2.45, 2.75) is 38.8 Å². The second-order valence-electron chi connectivity index (χ2n) is 10.6. The van der Waals surface area contributed by atoms with Gasteiger partial charge in [-0.25, -0.2) is 0 Å². The summed E-state index contributed by atoms with van der Waals surface area (Å²) in [7, 11) is 1.67. The highest BCUT2D eigenvalue weighted by Gasteiger charge is 2.37. The molecule has 4 heteroatoms. The highest BCUT2D eigenvalue weighted by atomic mass is 16.5. The first-order chi connectivity index (χ1) is 19.1. The van der Waals surface area contributed by atoms with Gasteiger partial charge in [-0.15, -0.1) is 0 Å². The van der Waals surface area contributed by atoms with Gasteiger partial charge in [0.2, 0.25) is 0 Å². The van der Waals surface area contributed by atoms with Gasteiger partial charge in [0.05, 0.1) is 18.8 Å². The second-order valence-corrected chi connectivity index (χ2v) is 10.6. The molecule has 0 amide bonds. The molecular formula is C35H34N2O2. The third-order valence-electron chi connectivity index (χ3n) is 7.75. The van der Waals surface area contributed by atoms with Crippen LogP contribution in [0.1, 0.15) is 51.8 Å². The lowest BCUT2D eigenvalue weighted by molar-refractivity contribution is 0.284. The maximum atomic E-state index is 6.08. The molecule has 0 spiro atoms. The summed E-state index contributed by atoms with van der Waals surface area (Å²) in [5.74, 6) is 2.44. The van der Waals surface area contributed by atoms with Crippen LogP contribution < -0.4 is 14.8 Å². The van der Waals surface area contributed by atoms with E-state index in [9.17, 15) is 0 Å². The minimum Gasteiger partial charge on any atom is -0.493 e. The number of rotatable bonds is 7. The van der Waals surface area contributed by atoms with Crippen LogP contribution >= 0.6 is 0 Å². The Kier molecular flexibility index (Phi) is 6.93. The number of fused-ring (bicyclic) bond motifs is 3. The number of para-hydroxylation sites is 1. The Morgan fingerprint density at radius 3 is 2.49 bits per heavy atom. The lowest BCUT2D eigenvalue weighted by Gasteiger charge is -2.37. The Morgan fingerprint density at radius 1 is 0.897 bits per heavy atom. The van der Waals surface area contributed by atoms with Gasteiger partial charge in [-0.1, -0.05) is 71.8 Å². The molecule has 0 saturated carbocycles. The number of ether oxygens (including phenoxy) is 2. The molecule has 1 aliphatic heterocycles. The lowest BCUT2D eigenvalue weighted by Crippen LogP contribution is -2.28. The molecule has 0 saturated heterocycles. The SMILES string of the molecule is COc1cc(C=Nc2ccc([C@@H]3Nc4ccccc4[C@H]4C=CC[C@@H]43)cc2)ccc1OCc1cc(C)cc(C)c1. The summed E-state index contributed by atoms with van der Waals surface area (Å²) in [5, 5.41) is 3.80. The maximum Gasteiger partial charge on any atom is 0.161 e. The van der Waals surface area contributed by atoms with Crippen LogP contribution in [0.15, 0.2) is 102 Å². The van der Waals surface area contributed by atoms with E-state index in [1.54, 1.807) is 7.11 Å². The van der Waals surface area contributed by atoms with Gasteiger partial charge in [-0.05, 0) is 84.8 Å². The van der Waals surface area contributed by atoms with Crippen LogP contribution in [-0.2, 0) is 6.61 Å². The van der Waals surface area contributed by atoms with Gasteiger partial charge >= 0.3 is 0 Å². The molecule has 2 aliphatic rings. The van der Waals surface area contributed by atoms with Crippen molar-refractivity contribution in [2.24, 2.45) is 10.9 Å². The van der Waals surface area contributed by atoms with Gasteiger partial charge in [0.25, 0.3) is 0 Å². The van der Waals surface area contributed by atoms with Crippen LogP contribution in [0.5, 0.6) is 11.5 Å². The van der Waals surface area contributed by atoms with E-state index in [-0.39, 0.29) is 0 Å². The molecule has 0 radical (unpaired) electrons. The van der Waals surface area contributed by atoms with Crippen molar-refractivity contribution in [1.29, 1.82) is 0 Å². The van der Waals surface area contributed by atoms with Gasteiger partial charge in [0.1, 0.15) is 6.61 Å². The highest BCUT2D eigenvalue weighted by Crippen LogP contribution is 2.49. The van der Waals surface area contributed by atoms with Crippen LogP contribution in [0.25, 0.3) is 0 Å². The molecule has 6 rings (SSSR count). The summed E-state index contributed by atoms with van der Waals surface area (Å²) in [6.07, 6.45) is 7.68. The fourth-order valence-electron chi connectivity index (χ4n) is 5.99. The molecule has 3 atom stereocenters. The molecule has 196 valence electrons. The summed E-state index contributed by atoms with van der Waals surface area (Å²) >= 11 is 0. The van der Waals surface area contributed by atoms with E-state index in [4.69, 9.17) is 14.5 Å². The Hall–Kier alpha value is -4.31. The minimum absolute atomic E-state index is 0.290. The Bertz CT molecular complexity index is 1520. The smallest absolute Gasteiger partial charge is 0.161 e. The summed E-state index contributed by atoms with van der Waals surface area (Å²) in [4.78, 5) is 4.73. The molecule has 4 aromatic rings. The maximum absolute atomic E-state index is 6.08. The number of anilines is 1. The van der Waals surface area contributed by atoms with Crippen molar-refractivity contribution in [3.63, 3.8) is 0 Å². The molecule has 4 aromatic carbocycles. The predicted octanol–water partition coefficient (Wildman–Crippen LogP) is 8.47. The highest BCUT2D eigenvalue weighted by molar-refractivity contribution is 5.83. The van der Waals surface area contributed by atoms with Crippen LogP contribution in [-0.4, -0.2) is 13.3 Å². The average Bonchev–Trinajstić information content (AvgIpc) is 3.45.